The SMILES string of the molecule is O=C(Nc1cnc(-n2nccn2)c(Cl)c1)Nc1cnc2ccnn2c1-c1cncnc1. The number of anilines is 2. The molecule has 0 aliphatic carbocycles. The number of fused-ring (bicyclic) bond motifs is 1. The van der Waals surface area contributed by atoms with Gasteiger partial charge in [0.2, 0.25) is 0 Å². The minimum absolute atomic E-state index is 0.274. The van der Waals surface area contributed by atoms with E-state index in [0.29, 0.717) is 34.1 Å². The van der Waals surface area contributed by atoms with E-state index in [4.69, 9.17) is 11.6 Å². The maximum Gasteiger partial charge on any atom is 0.323 e. The molecule has 0 aliphatic rings. The number of halogens is 1. The molecule has 5 aromatic rings. The van der Waals surface area contributed by atoms with Crippen molar-refractivity contribution in [1.29, 1.82) is 0 Å². The van der Waals surface area contributed by atoms with Gasteiger partial charge in [-0.25, -0.2) is 29.2 Å². The van der Waals surface area contributed by atoms with Gasteiger partial charge >= 0.3 is 6.03 Å². The molecule has 0 aliphatic heterocycles. The van der Waals surface area contributed by atoms with Crippen molar-refractivity contribution in [3.8, 4) is 17.1 Å². The number of nitrogens with one attached hydrogen (secondary N) is 2. The lowest BCUT2D eigenvalue weighted by Gasteiger charge is -2.13. The summed E-state index contributed by atoms with van der Waals surface area (Å²) in [6, 6.07) is 2.78. The van der Waals surface area contributed by atoms with Crippen LogP contribution in [0.25, 0.3) is 22.7 Å². The summed E-state index contributed by atoms with van der Waals surface area (Å²) in [4.78, 5) is 30.5. The Morgan fingerprint density at radius 3 is 2.52 bits per heavy atom. The number of amides is 2. The molecule has 0 radical (unpaired) electrons. The molecule has 0 unspecified atom stereocenters. The second-order valence-corrected chi connectivity index (χ2v) is 6.58. The molecule has 0 spiro atoms. The molecule has 5 rings (SSSR count). The smallest absolute Gasteiger partial charge is 0.306 e. The number of hydrogen-bond donors (Lipinski definition) is 2. The van der Waals surface area contributed by atoms with Gasteiger partial charge in [-0.15, -0.1) is 4.80 Å². The van der Waals surface area contributed by atoms with Crippen molar-refractivity contribution < 1.29 is 4.79 Å². The minimum atomic E-state index is -0.519. The lowest BCUT2D eigenvalue weighted by Crippen LogP contribution is -2.21. The number of pyridine rings is 1. The summed E-state index contributed by atoms with van der Waals surface area (Å²) in [7, 11) is 0. The summed E-state index contributed by atoms with van der Waals surface area (Å²) in [6.45, 7) is 0. The highest BCUT2D eigenvalue weighted by atomic mass is 35.5. The van der Waals surface area contributed by atoms with Crippen LogP contribution in [0.3, 0.4) is 0 Å². The summed E-state index contributed by atoms with van der Waals surface area (Å²) in [6.07, 6.45) is 12.3. The molecule has 5 aromatic heterocycles. The van der Waals surface area contributed by atoms with Gasteiger partial charge in [-0.1, -0.05) is 11.6 Å². The normalized spacial score (nSPS) is 10.9. The van der Waals surface area contributed by atoms with Crippen LogP contribution in [0.1, 0.15) is 0 Å². The topological polar surface area (TPSA) is 141 Å². The number of carbonyl (C=O) groups excluding carboxylic acids is 1. The van der Waals surface area contributed by atoms with Crippen molar-refractivity contribution in [1.82, 2.24) is 44.5 Å². The molecule has 0 saturated carbocycles. The van der Waals surface area contributed by atoms with E-state index < -0.39 is 6.03 Å². The molecule has 0 fully saturated rings. The van der Waals surface area contributed by atoms with Crippen LogP contribution in [0.5, 0.6) is 0 Å². The fraction of sp³-hybridized carbons (Fsp3) is 0. The van der Waals surface area contributed by atoms with Gasteiger partial charge in [0.05, 0.1) is 47.4 Å². The highest BCUT2D eigenvalue weighted by Crippen LogP contribution is 2.27. The molecular formula is C18H12ClN11O. The van der Waals surface area contributed by atoms with Crippen LogP contribution in [0.4, 0.5) is 16.2 Å². The molecule has 12 nitrogen and oxygen atoms in total. The average molecular weight is 434 g/mol. The van der Waals surface area contributed by atoms with Gasteiger partial charge in [0.25, 0.3) is 0 Å². The zero-order valence-corrected chi connectivity index (χ0v) is 16.3. The van der Waals surface area contributed by atoms with E-state index in [0.717, 1.165) is 0 Å². The van der Waals surface area contributed by atoms with Crippen molar-refractivity contribution in [3.05, 3.63) is 66.9 Å². The summed E-state index contributed by atoms with van der Waals surface area (Å²) >= 11 is 6.25. The molecule has 0 atom stereocenters. The quantitative estimate of drug-likeness (QED) is 0.440. The highest BCUT2D eigenvalue weighted by molar-refractivity contribution is 6.32. The monoisotopic (exact) mass is 433 g/mol. The van der Waals surface area contributed by atoms with Gasteiger partial charge in [0.15, 0.2) is 11.5 Å². The van der Waals surface area contributed by atoms with Crippen molar-refractivity contribution >= 4 is 34.7 Å². The van der Waals surface area contributed by atoms with E-state index in [1.54, 1.807) is 35.2 Å². The van der Waals surface area contributed by atoms with E-state index in [2.05, 4.69) is 45.9 Å². The van der Waals surface area contributed by atoms with Crippen LogP contribution in [0.15, 0.2) is 61.8 Å². The second-order valence-electron chi connectivity index (χ2n) is 6.18. The maximum atomic E-state index is 12.7. The van der Waals surface area contributed by atoms with Crippen LogP contribution in [-0.4, -0.2) is 50.6 Å². The van der Waals surface area contributed by atoms with Crippen LogP contribution >= 0.6 is 11.6 Å². The zero-order chi connectivity index (χ0) is 21.2. The van der Waals surface area contributed by atoms with Crippen LogP contribution in [-0.2, 0) is 0 Å². The van der Waals surface area contributed by atoms with Crippen LogP contribution in [0.2, 0.25) is 5.02 Å². The van der Waals surface area contributed by atoms with E-state index >= 15 is 0 Å². The van der Waals surface area contributed by atoms with Crippen molar-refractivity contribution in [3.63, 3.8) is 0 Å². The van der Waals surface area contributed by atoms with Gasteiger partial charge in [0.1, 0.15) is 12.0 Å². The molecule has 31 heavy (non-hydrogen) atoms. The Bertz CT molecular complexity index is 1370. The zero-order valence-electron chi connectivity index (χ0n) is 15.6. The first-order chi connectivity index (χ1) is 15.2. The van der Waals surface area contributed by atoms with Gasteiger partial charge in [0, 0.05) is 24.0 Å². The molecule has 5 heterocycles. The Labute approximate surface area is 179 Å². The van der Waals surface area contributed by atoms with Crippen molar-refractivity contribution in [2.45, 2.75) is 0 Å². The van der Waals surface area contributed by atoms with Gasteiger partial charge in [-0.05, 0) is 6.07 Å². The Kier molecular flexibility index (Phi) is 4.65. The van der Waals surface area contributed by atoms with E-state index in [9.17, 15) is 4.79 Å². The van der Waals surface area contributed by atoms with E-state index in [-0.39, 0.29) is 5.02 Å². The second kappa shape index (κ2) is 7.76. The van der Waals surface area contributed by atoms with E-state index in [1.165, 1.54) is 35.9 Å². The third-order valence-corrected chi connectivity index (χ3v) is 4.46. The van der Waals surface area contributed by atoms with Gasteiger partial charge in [-0.2, -0.15) is 15.3 Å². The van der Waals surface area contributed by atoms with Crippen molar-refractivity contribution in [2.24, 2.45) is 0 Å². The number of aromatic nitrogens is 9. The Morgan fingerprint density at radius 2 is 1.74 bits per heavy atom. The summed E-state index contributed by atoms with van der Waals surface area (Å²) in [5.74, 6) is 0.345. The molecular weight excluding hydrogens is 422 g/mol. The first-order valence-electron chi connectivity index (χ1n) is 8.87. The fourth-order valence-electron chi connectivity index (χ4n) is 2.92. The number of carbonyl (C=O) groups is 1. The van der Waals surface area contributed by atoms with Gasteiger partial charge in [-0.3, -0.25) is 0 Å². The summed E-state index contributed by atoms with van der Waals surface area (Å²) in [5.41, 5.74) is 2.66. The highest BCUT2D eigenvalue weighted by Gasteiger charge is 2.16. The first kappa shape index (κ1) is 18.6. The van der Waals surface area contributed by atoms with Crippen molar-refractivity contribution in [2.75, 3.05) is 10.6 Å². The van der Waals surface area contributed by atoms with Crippen LogP contribution < -0.4 is 10.6 Å². The molecule has 2 N–H and O–H groups in total. The molecule has 2 amide bonds. The number of urea groups is 1. The molecule has 0 saturated heterocycles. The minimum Gasteiger partial charge on any atom is -0.306 e. The molecule has 13 heteroatoms. The van der Waals surface area contributed by atoms with Crippen LogP contribution in [0, 0.1) is 0 Å². The summed E-state index contributed by atoms with van der Waals surface area (Å²) in [5, 5.41) is 18.0. The lowest BCUT2D eigenvalue weighted by molar-refractivity contribution is 0.262. The average Bonchev–Trinajstić information content (AvgIpc) is 3.46. The first-order valence-corrected chi connectivity index (χ1v) is 9.25. The third-order valence-electron chi connectivity index (χ3n) is 4.19. The Balaban J connectivity index is 1.42. The summed E-state index contributed by atoms with van der Waals surface area (Å²) < 4.78 is 1.60. The molecule has 0 aromatic carbocycles. The maximum absolute atomic E-state index is 12.7. The number of hydrogen-bond acceptors (Lipinski definition) is 8. The Morgan fingerprint density at radius 1 is 0.935 bits per heavy atom. The van der Waals surface area contributed by atoms with Gasteiger partial charge < -0.3 is 10.6 Å². The molecule has 0 bridgehead atoms. The fourth-order valence-corrected chi connectivity index (χ4v) is 3.16. The standard InChI is InChI=1S/C18H12ClN11O/c19-13-5-12(8-23-17(13)30-25-3-4-26-30)27-18(31)28-14-9-22-15-1-2-24-29(15)16(14)11-6-20-10-21-7-11/h1-10H,(H2,27,28,31). The predicted octanol–water partition coefficient (Wildman–Crippen LogP) is 2.46. The number of nitrogens with zero attached hydrogens (tertiary/aromatic N) is 9. The molecule has 152 valence electrons. The number of rotatable bonds is 4. The lowest BCUT2D eigenvalue weighted by atomic mass is 10.2. The predicted molar refractivity (Wildman–Crippen MR) is 111 cm³/mol. The third kappa shape index (κ3) is 3.62. The van der Waals surface area contributed by atoms with E-state index in [1.807, 2.05) is 0 Å². The Hall–Kier alpha value is -4.45. The largest absolute Gasteiger partial charge is 0.323 e.